The van der Waals surface area contributed by atoms with Gasteiger partial charge in [0.15, 0.2) is 0 Å². The first-order valence-corrected chi connectivity index (χ1v) is 5.76. The molecule has 3 rings (SSSR count). The Morgan fingerprint density at radius 2 is 1.94 bits per heavy atom. The molecule has 90 valence electrons. The number of anilines is 1. The maximum Gasteiger partial charge on any atom is 0.282 e. The minimum absolute atomic E-state index is 0.155. The number of aromatic amines is 1. The molecule has 0 amide bonds. The Labute approximate surface area is 103 Å². The van der Waals surface area contributed by atoms with Gasteiger partial charge in [-0.15, -0.1) is 0 Å². The molecule has 3 N–H and O–H groups in total. The monoisotopic (exact) mass is 239 g/mol. The van der Waals surface area contributed by atoms with Crippen molar-refractivity contribution in [3.8, 4) is 0 Å². The van der Waals surface area contributed by atoms with E-state index in [1.807, 2.05) is 19.9 Å². The van der Waals surface area contributed by atoms with Crippen molar-refractivity contribution in [2.24, 2.45) is 0 Å². The lowest BCUT2D eigenvalue weighted by Gasteiger charge is -2.08. The Hall–Kier alpha value is -2.36. The van der Waals surface area contributed by atoms with Crippen molar-refractivity contribution < 1.29 is 0 Å². The van der Waals surface area contributed by atoms with Crippen LogP contribution >= 0.6 is 0 Å². The predicted molar refractivity (Wildman–Crippen MR) is 73.8 cm³/mol. The number of rotatable bonds is 0. The number of fused-ring (bicyclic) bond motifs is 2. The van der Waals surface area contributed by atoms with Crippen LogP contribution in [0.2, 0.25) is 0 Å². The highest BCUT2D eigenvalue weighted by Gasteiger charge is 2.08. The Bertz CT molecular complexity index is 834. The van der Waals surface area contributed by atoms with Crippen LogP contribution < -0.4 is 11.3 Å². The first-order chi connectivity index (χ1) is 8.56. The van der Waals surface area contributed by atoms with E-state index in [9.17, 15) is 4.79 Å². The van der Waals surface area contributed by atoms with Crippen LogP contribution in [0.5, 0.6) is 0 Å². The molecule has 0 aliphatic heterocycles. The fourth-order valence-electron chi connectivity index (χ4n) is 2.36. The van der Waals surface area contributed by atoms with Crippen molar-refractivity contribution in [3.63, 3.8) is 0 Å². The van der Waals surface area contributed by atoms with E-state index in [-0.39, 0.29) is 11.5 Å². The number of nitrogens with two attached hydrogens (primary N) is 1. The summed E-state index contributed by atoms with van der Waals surface area (Å²) in [6.07, 6.45) is 0. The summed E-state index contributed by atoms with van der Waals surface area (Å²) in [5.74, 6) is 0.155. The molecule has 0 unspecified atom stereocenters. The van der Waals surface area contributed by atoms with E-state index < -0.39 is 0 Å². The molecule has 4 nitrogen and oxygen atoms in total. The predicted octanol–water partition coefficient (Wildman–Crippen LogP) is 2.28. The maximum absolute atomic E-state index is 11.9. The molecular formula is C14H13N3O. The Morgan fingerprint density at radius 1 is 1.17 bits per heavy atom. The summed E-state index contributed by atoms with van der Waals surface area (Å²) in [5, 5.41) is 2.76. The van der Waals surface area contributed by atoms with Gasteiger partial charge in [0.25, 0.3) is 5.56 Å². The molecule has 18 heavy (non-hydrogen) atoms. The van der Waals surface area contributed by atoms with Crippen molar-refractivity contribution in [2.45, 2.75) is 13.8 Å². The second-order valence-electron chi connectivity index (χ2n) is 4.58. The van der Waals surface area contributed by atoms with Gasteiger partial charge in [0.1, 0.15) is 0 Å². The molecule has 0 fully saturated rings. The Morgan fingerprint density at radius 3 is 2.72 bits per heavy atom. The van der Waals surface area contributed by atoms with Gasteiger partial charge in [0, 0.05) is 0 Å². The zero-order valence-electron chi connectivity index (χ0n) is 10.2. The molecule has 0 radical (unpaired) electrons. The topological polar surface area (TPSA) is 71.8 Å². The lowest BCUT2D eigenvalue weighted by atomic mass is 10.0. The van der Waals surface area contributed by atoms with Crippen molar-refractivity contribution in [1.82, 2.24) is 9.97 Å². The minimum atomic E-state index is -0.284. The van der Waals surface area contributed by atoms with Crippen LogP contribution in [-0.2, 0) is 0 Å². The van der Waals surface area contributed by atoms with Gasteiger partial charge in [0.2, 0.25) is 5.95 Å². The first-order valence-electron chi connectivity index (χ1n) is 5.76. The molecule has 1 aromatic heterocycles. The van der Waals surface area contributed by atoms with Gasteiger partial charge in [-0.3, -0.25) is 4.79 Å². The van der Waals surface area contributed by atoms with Gasteiger partial charge in [-0.05, 0) is 36.2 Å². The van der Waals surface area contributed by atoms with E-state index in [1.54, 1.807) is 0 Å². The van der Waals surface area contributed by atoms with Crippen LogP contribution in [0.25, 0.3) is 21.7 Å². The van der Waals surface area contributed by atoms with E-state index >= 15 is 0 Å². The highest BCUT2D eigenvalue weighted by Crippen LogP contribution is 2.25. The fraction of sp³-hybridized carbons (Fsp3) is 0.143. The number of nitrogens with zero attached hydrogens (tertiary/aromatic N) is 1. The summed E-state index contributed by atoms with van der Waals surface area (Å²) in [6.45, 7) is 4.01. The van der Waals surface area contributed by atoms with E-state index in [1.165, 1.54) is 5.56 Å². The van der Waals surface area contributed by atoms with Crippen LogP contribution in [0.1, 0.15) is 11.1 Å². The average Bonchev–Trinajstić information content (AvgIpc) is 2.31. The third-order valence-corrected chi connectivity index (χ3v) is 3.26. The van der Waals surface area contributed by atoms with Crippen molar-refractivity contribution in [2.75, 3.05) is 5.73 Å². The molecule has 3 aromatic rings. The van der Waals surface area contributed by atoms with Gasteiger partial charge < -0.3 is 10.7 Å². The molecule has 0 bridgehead atoms. The molecule has 0 atom stereocenters. The van der Waals surface area contributed by atoms with Gasteiger partial charge in [-0.25, -0.2) is 0 Å². The maximum atomic E-state index is 11.9. The summed E-state index contributed by atoms with van der Waals surface area (Å²) >= 11 is 0. The minimum Gasteiger partial charge on any atom is -0.369 e. The average molecular weight is 239 g/mol. The molecule has 0 aliphatic carbocycles. The van der Waals surface area contributed by atoms with E-state index in [0.29, 0.717) is 5.39 Å². The highest BCUT2D eigenvalue weighted by atomic mass is 16.1. The number of nitrogens with one attached hydrogen (secondary N) is 1. The van der Waals surface area contributed by atoms with Crippen LogP contribution in [0.15, 0.2) is 29.1 Å². The first kappa shape index (κ1) is 10.8. The van der Waals surface area contributed by atoms with Gasteiger partial charge in [-0.1, -0.05) is 23.8 Å². The Kier molecular flexibility index (Phi) is 2.13. The quantitative estimate of drug-likeness (QED) is 0.591. The number of hydrogen-bond acceptors (Lipinski definition) is 3. The highest BCUT2D eigenvalue weighted by molar-refractivity contribution is 6.00. The zero-order valence-corrected chi connectivity index (χ0v) is 10.2. The number of hydrogen-bond donors (Lipinski definition) is 2. The molecule has 2 aromatic carbocycles. The zero-order chi connectivity index (χ0) is 12.9. The van der Waals surface area contributed by atoms with Gasteiger partial charge in [0.05, 0.1) is 10.9 Å². The normalized spacial score (nSPS) is 11.2. The third-order valence-electron chi connectivity index (χ3n) is 3.26. The summed E-state index contributed by atoms with van der Waals surface area (Å²) in [5.41, 5.74) is 8.27. The standard InChI is InChI=1S/C14H13N3O/c1-7-3-4-10-8(2)12-11(6-9(10)5-7)13(18)17-14(15)16-12/h3-6H,1-2H3,(H3,15,16,17,18). The molecule has 1 heterocycles. The van der Waals surface area contributed by atoms with Crippen LogP contribution in [-0.4, -0.2) is 9.97 Å². The second kappa shape index (κ2) is 3.57. The van der Waals surface area contributed by atoms with Crippen LogP contribution in [0, 0.1) is 13.8 Å². The van der Waals surface area contributed by atoms with Gasteiger partial charge in [-0.2, -0.15) is 4.98 Å². The molecule has 0 aliphatic rings. The third kappa shape index (κ3) is 1.46. The van der Waals surface area contributed by atoms with Crippen molar-refractivity contribution in [3.05, 3.63) is 45.7 Å². The van der Waals surface area contributed by atoms with E-state index in [4.69, 9.17) is 5.73 Å². The summed E-state index contributed by atoms with van der Waals surface area (Å²) in [4.78, 5) is 18.6. The number of aryl methyl sites for hydroxylation is 2. The van der Waals surface area contributed by atoms with Gasteiger partial charge >= 0.3 is 0 Å². The molecule has 0 saturated carbocycles. The van der Waals surface area contributed by atoms with E-state index in [2.05, 4.69) is 28.2 Å². The largest absolute Gasteiger partial charge is 0.369 e. The van der Waals surface area contributed by atoms with Crippen molar-refractivity contribution >= 4 is 27.6 Å². The van der Waals surface area contributed by atoms with Crippen LogP contribution in [0.3, 0.4) is 0 Å². The molecule has 4 heteroatoms. The van der Waals surface area contributed by atoms with E-state index in [0.717, 1.165) is 21.9 Å². The summed E-state index contributed by atoms with van der Waals surface area (Å²) in [7, 11) is 0. The lowest BCUT2D eigenvalue weighted by Crippen LogP contribution is -2.11. The molecular weight excluding hydrogens is 226 g/mol. The SMILES string of the molecule is Cc1ccc2c(C)c3[nH]c(N)nc(=O)c3cc2c1. The lowest BCUT2D eigenvalue weighted by molar-refractivity contribution is 1.18. The fourth-order valence-corrected chi connectivity index (χ4v) is 2.36. The Balaban J connectivity index is 2.60. The molecule has 0 spiro atoms. The molecule has 0 saturated heterocycles. The smallest absolute Gasteiger partial charge is 0.282 e. The second-order valence-corrected chi connectivity index (χ2v) is 4.58. The summed E-state index contributed by atoms with van der Waals surface area (Å²) < 4.78 is 0. The number of benzene rings is 2. The van der Waals surface area contributed by atoms with Crippen molar-refractivity contribution in [1.29, 1.82) is 0 Å². The van der Waals surface area contributed by atoms with Crippen LogP contribution in [0.4, 0.5) is 5.95 Å². The summed E-state index contributed by atoms with van der Waals surface area (Å²) in [6, 6.07) is 8.06. The number of aromatic nitrogens is 2. The number of nitrogen functional groups attached to an aromatic ring is 1. The number of H-pyrrole nitrogens is 1.